The maximum absolute atomic E-state index is 4.67. The highest BCUT2D eigenvalue weighted by Gasteiger charge is 2.23. The van der Waals surface area contributed by atoms with Crippen LogP contribution in [0, 0.1) is 0 Å². The summed E-state index contributed by atoms with van der Waals surface area (Å²) in [6.07, 6.45) is 3.61. The van der Waals surface area contributed by atoms with E-state index in [-0.39, 0.29) is 1.43 Å². The van der Waals surface area contributed by atoms with Crippen molar-refractivity contribution in [3.8, 4) is 0 Å². The van der Waals surface area contributed by atoms with Gasteiger partial charge in [-0.15, -0.1) is 0 Å². The average Bonchev–Trinajstić information content (AvgIpc) is 2.70. The number of hydrogen-bond acceptors (Lipinski definition) is 2. The zero-order valence-corrected chi connectivity index (χ0v) is 7.93. The number of anilines is 1. The summed E-state index contributed by atoms with van der Waals surface area (Å²) in [5.41, 5.74) is 4.26. The number of fused-ring (bicyclic) bond motifs is 2. The molecule has 0 saturated heterocycles. The molecule has 1 aromatic heterocycles. The summed E-state index contributed by atoms with van der Waals surface area (Å²) in [7, 11) is 0. The van der Waals surface area contributed by atoms with Gasteiger partial charge in [0.05, 0.1) is 0 Å². The average molecular weight is 176 g/mol. The van der Waals surface area contributed by atoms with Crippen LogP contribution >= 0.6 is 0 Å². The molecule has 0 bridgehead atoms. The van der Waals surface area contributed by atoms with Gasteiger partial charge in [0.15, 0.2) is 0 Å². The summed E-state index contributed by atoms with van der Waals surface area (Å²) in [5.74, 6) is 1.88. The quantitative estimate of drug-likeness (QED) is 0.656. The molecular weight excluding hydrogens is 160 g/mol. The molecule has 2 heteroatoms. The highest BCUT2D eigenvalue weighted by Crippen LogP contribution is 2.35. The molecule has 2 heterocycles. The van der Waals surface area contributed by atoms with Crippen molar-refractivity contribution in [2.45, 2.75) is 32.1 Å². The summed E-state index contributed by atoms with van der Waals surface area (Å²) < 4.78 is 0. The largest absolute Gasteiger partial charge is 0.370 e. The van der Waals surface area contributed by atoms with Crippen LogP contribution in [0.15, 0.2) is 6.07 Å². The van der Waals surface area contributed by atoms with Gasteiger partial charge in [0.1, 0.15) is 5.82 Å². The van der Waals surface area contributed by atoms with Gasteiger partial charge >= 0.3 is 0 Å². The number of rotatable bonds is 0. The molecular formula is C11H16N2. The lowest BCUT2D eigenvalue weighted by molar-refractivity contribution is 0.745. The minimum Gasteiger partial charge on any atom is -0.370 e. The molecule has 70 valence electrons. The van der Waals surface area contributed by atoms with Crippen molar-refractivity contribution in [1.29, 1.82) is 0 Å². The van der Waals surface area contributed by atoms with Crippen LogP contribution in [0.1, 0.15) is 37.5 Å². The van der Waals surface area contributed by atoms with Crippen LogP contribution in [-0.4, -0.2) is 11.5 Å². The molecule has 1 unspecified atom stereocenters. The molecule has 2 nitrogen and oxygen atoms in total. The van der Waals surface area contributed by atoms with Crippen molar-refractivity contribution < 1.29 is 1.43 Å². The zero-order chi connectivity index (χ0) is 8.84. The maximum atomic E-state index is 4.67. The Morgan fingerprint density at radius 1 is 1.54 bits per heavy atom. The van der Waals surface area contributed by atoms with E-state index < -0.39 is 0 Å². The van der Waals surface area contributed by atoms with E-state index in [0.29, 0.717) is 0 Å². The van der Waals surface area contributed by atoms with Crippen molar-refractivity contribution in [3.63, 3.8) is 0 Å². The number of pyridine rings is 1. The van der Waals surface area contributed by atoms with E-state index in [4.69, 9.17) is 0 Å². The van der Waals surface area contributed by atoms with Gasteiger partial charge in [-0.2, -0.15) is 0 Å². The number of aryl methyl sites for hydroxylation is 1. The van der Waals surface area contributed by atoms with Gasteiger partial charge in [-0.25, -0.2) is 4.98 Å². The lowest BCUT2D eigenvalue weighted by atomic mass is 10.0. The Balaban J connectivity index is 0.000000750. The minimum absolute atomic E-state index is 0. The van der Waals surface area contributed by atoms with E-state index in [9.17, 15) is 0 Å². The van der Waals surface area contributed by atoms with Gasteiger partial charge in [0, 0.05) is 13.7 Å². The van der Waals surface area contributed by atoms with Crippen molar-refractivity contribution in [2.24, 2.45) is 0 Å². The van der Waals surface area contributed by atoms with Crippen LogP contribution in [-0.2, 0) is 12.8 Å². The van der Waals surface area contributed by atoms with Gasteiger partial charge < -0.3 is 5.32 Å². The first-order chi connectivity index (χ1) is 6.34. The predicted octanol–water partition coefficient (Wildman–Crippen LogP) is 2.35. The Labute approximate surface area is 79.9 Å². The number of aromatic nitrogens is 1. The third-order valence-electron chi connectivity index (χ3n) is 3.25. The molecule has 2 aliphatic rings. The number of nitrogens with one attached hydrogen (secondary N) is 1. The number of hydrogen-bond donors (Lipinski definition) is 1. The van der Waals surface area contributed by atoms with E-state index in [2.05, 4.69) is 23.3 Å². The van der Waals surface area contributed by atoms with Crippen LogP contribution in [0.2, 0.25) is 0 Å². The second kappa shape index (κ2) is 2.47. The monoisotopic (exact) mass is 176 g/mol. The van der Waals surface area contributed by atoms with E-state index in [1.54, 1.807) is 0 Å². The van der Waals surface area contributed by atoms with Gasteiger partial charge in [0.25, 0.3) is 0 Å². The lowest BCUT2D eigenvalue weighted by Crippen LogP contribution is -1.96. The van der Waals surface area contributed by atoms with Crippen LogP contribution in [0.4, 0.5) is 5.82 Å². The summed E-state index contributed by atoms with van der Waals surface area (Å²) >= 11 is 0. The first-order valence-electron chi connectivity index (χ1n) is 5.11. The maximum Gasteiger partial charge on any atom is 0.129 e. The lowest BCUT2D eigenvalue weighted by Gasteiger charge is -2.06. The molecule has 0 radical (unpaired) electrons. The van der Waals surface area contributed by atoms with Crippen LogP contribution in [0.3, 0.4) is 0 Å². The summed E-state index contributed by atoms with van der Waals surface area (Å²) in [4.78, 5) is 4.67. The Morgan fingerprint density at radius 3 is 3.38 bits per heavy atom. The molecule has 0 fully saturated rings. The van der Waals surface area contributed by atoms with Gasteiger partial charge in [-0.05, 0) is 42.4 Å². The third-order valence-corrected chi connectivity index (χ3v) is 3.25. The second-order valence-corrected chi connectivity index (χ2v) is 4.15. The summed E-state index contributed by atoms with van der Waals surface area (Å²) in [5, 5.41) is 3.33. The molecule has 3 rings (SSSR count). The Hall–Kier alpha value is -1.05. The fraction of sp³-hybridized carbons (Fsp3) is 0.545. The molecule has 1 aliphatic heterocycles. The van der Waals surface area contributed by atoms with E-state index in [1.165, 1.54) is 29.7 Å². The summed E-state index contributed by atoms with van der Waals surface area (Å²) in [6, 6.07) is 2.37. The van der Waals surface area contributed by atoms with Gasteiger partial charge in [-0.3, -0.25) is 0 Å². The first-order valence-corrected chi connectivity index (χ1v) is 5.11. The highest BCUT2D eigenvalue weighted by atomic mass is 15.0. The van der Waals surface area contributed by atoms with Gasteiger partial charge in [-0.1, -0.05) is 6.92 Å². The fourth-order valence-electron chi connectivity index (χ4n) is 2.41. The van der Waals surface area contributed by atoms with Crippen molar-refractivity contribution >= 4 is 5.82 Å². The van der Waals surface area contributed by atoms with E-state index in [1.807, 2.05) is 0 Å². The second-order valence-electron chi connectivity index (χ2n) is 4.15. The van der Waals surface area contributed by atoms with Crippen molar-refractivity contribution in [3.05, 3.63) is 22.9 Å². The van der Waals surface area contributed by atoms with Crippen LogP contribution in [0.5, 0.6) is 0 Å². The molecule has 13 heavy (non-hydrogen) atoms. The van der Waals surface area contributed by atoms with E-state index >= 15 is 0 Å². The minimum atomic E-state index is 0. The zero-order valence-electron chi connectivity index (χ0n) is 7.93. The Morgan fingerprint density at radius 2 is 2.46 bits per heavy atom. The third kappa shape index (κ3) is 0.978. The van der Waals surface area contributed by atoms with E-state index in [0.717, 1.165) is 24.7 Å². The SMILES string of the molecule is CC1CCc2nc3c(cc21)CCN3.[HH]. The molecule has 0 amide bonds. The van der Waals surface area contributed by atoms with Crippen LogP contribution < -0.4 is 5.32 Å². The topological polar surface area (TPSA) is 24.9 Å². The van der Waals surface area contributed by atoms with Crippen LogP contribution in [0.25, 0.3) is 0 Å². The molecule has 1 aromatic rings. The standard InChI is InChI=1S/C11H14N2.H2/c1-7-2-3-10-9(7)6-8-4-5-12-11(8)13-10;/h6-7H,2-5H2,1H3,(H,12,13);1H. The summed E-state index contributed by atoms with van der Waals surface area (Å²) in [6.45, 7) is 3.38. The molecule has 1 atom stereocenters. The molecule has 0 aromatic carbocycles. The smallest absolute Gasteiger partial charge is 0.129 e. The Bertz CT molecular complexity index is 363. The van der Waals surface area contributed by atoms with Crippen molar-refractivity contribution in [2.75, 3.05) is 11.9 Å². The molecule has 0 saturated carbocycles. The predicted molar refractivity (Wildman–Crippen MR) is 55.3 cm³/mol. The highest BCUT2D eigenvalue weighted by molar-refractivity contribution is 5.53. The first kappa shape index (κ1) is 7.36. The number of nitrogens with zero attached hydrogens (tertiary/aromatic N) is 1. The normalized spacial score (nSPS) is 23.9. The molecule has 1 N–H and O–H groups in total. The van der Waals surface area contributed by atoms with Crippen molar-refractivity contribution in [1.82, 2.24) is 4.98 Å². The Kier molecular flexibility index (Phi) is 1.40. The van der Waals surface area contributed by atoms with Gasteiger partial charge in [0.2, 0.25) is 0 Å². The fourth-order valence-corrected chi connectivity index (χ4v) is 2.41. The molecule has 0 spiro atoms. The molecule has 1 aliphatic carbocycles.